The monoisotopic (exact) mass is 265 g/mol. The number of rotatable bonds is 8. The Kier molecular flexibility index (Phi) is 6.60. The minimum absolute atomic E-state index is 0.0329. The van der Waals surface area contributed by atoms with E-state index in [1.807, 2.05) is 0 Å². The molecule has 104 valence electrons. The summed E-state index contributed by atoms with van der Waals surface area (Å²) in [6.07, 6.45) is 0.766. The maximum atomic E-state index is 11.5. The number of nitrogens with one attached hydrogen (secondary N) is 1. The Labute approximate surface area is 112 Å². The van der Waals surface area contributed by atoms with E-state index in [-0.39, 0.29) is 18.3 Å². The van der Waals surface area contributed by atoms with Gasteiger partial charge in [-0.2, -0.15) is 0 Å². The molecule has 0 aromatic heterocycles. The Morgan fingerprint density at radius 1 is 1.32 bits per heavy atom. The summed E-state index contributed by atoms with van der Waals surface area (Å²) in [6.45, 7) is 2.60. The lowest BCUT2D eigenvalue weighted by Crippen LogP contribution is -2.30. The van der Waals surface area contributed by atoms with Crippen LogP contribution in [0, 0.1) is 0 Å². The molecule has 1 aromatic rings. The zero-order valence-corrected chi connectivity index (χ0v) is 11.3. The average Bonchev–Trinajstić information content (AvgIpc) is 2.41. The van der Waals surface area contributed by atoms with Gasteiger partial charge in [0.1, 0.15) is 5.75 Å². The number of benzene rings is 1. The van der Waals surface area contributed by atoms with E-state index in [0.717, 1.165) is 6.42 Å². The summed E-state index contributed by atoms with van der Waals surface area (Å²) in [5.74, 6) is 0.290. The van der Waals surface area contributed by atoms with Crippen LogP contribution in [-0.2, 0) is 9.53 Å². The Balaban J connectivity index is 2.33. The second-order valence-corrected chi connectivity index (χ2v) is 4.07. The number of Topliss-reactive ketones (excluding diaryl/α,β-unsaturated/α-hetero) is 1. The molecule has 0 saturated heterocycles. The zero-order valence-electron chi connectivity index (χ0n) is 11.3. The molecule has 1 N–H and O–H groups in total. The molecule has 0 fully saturated rings. The fraction of sp³-hybridized carbons (Fsp3) is 0.429. The van der Waals surface area contributed by atoms with E-state index in [1.54, 1.807) is 31.4 Å². The molecule has 0 aliphatic rings. The van der Waals surface area contributed by atoms with Gasteiger partial charge in [0.05, 0.1) is 0 Å². The molecule has 0 saturated carbocycles. The predicted octanol–water partition coefficient (Wildman–Crippen LogP) is 1.42. The lowest BCUT2D eigenvalue weighted by atomic mass is 10.1. The van der Waals surface area contributed by atoms with Crippen LogP contribution in [0.3, 0.4) is 0 Å². The first kappa shape index (κ1) is 15.2. The molecule has 1 amide bonds. The van der Waals surface area contributed by atoms with Crippen LogP contribution in [0.5, 0.6) is 5.75 Å². The molecule has 0 unspecified atom stereocenters. The first-order chi connectivity index (χ1) is 9.13. The second kappa shape index (κ2) is 8.26. The van der Waals surface area contributed by atoms with Gasteiger partial charge in [0.25, 0.3) is 5.91 Å². The number of methoxy groups -OCH3 is 1. The van der Waals surface area contributed by atoms with E-state index in [2.05, 4.69) is 5.32 Å². The molecule has 0 aliphatic heterocycles. The van der Waals surface area contributed by atoms with Gasteiger partial charge in [-0.25, -0.2) is 0 Å². The van der Waals surface area contributed by atoms with Crippen molar-refractivity contribution in [1.82, 2.24) is 5.32 Å². The van der Waals surface area contributed by atoms with Crippen molar-refractivity contribution < 1.29 is 19.1 Å². The van der Waals surface area contributed by atoms with Gasteiger partial charge in [0.15, 0.2) is 12.4 Å². The fourth-order valence-electron chi connectivity index (χ4n) is 1.45. The van der Waals surface area contributed by atoms with Crippen molar-refractivity contribution in [2.45, 2.75) is 13.3 Å². The summed E-state index contributed by atoms with van der Waals surface area (Å²) in [7, 11) is 1.62. The van der Waals surface area contributed by atoms with Crippen LogP contribution in [0.1, 0.15) is 23.7 Å². The van der Waals surface area contributed by atoms with E-state index in [1.165, 1.54) is 6.92 Å². The smallest absolute Gasteiger partial charge is 0.257 e. The SMILES string of the molecule is COCCCNC(=O)COc1cccc(C(C)=O)c1. The summed E-state index contributed by atoms with van der Waals surface area (Å²) in [5.41, 5.74) is 0.568. The number of carbonyl (C=O) groups excluding carboxylic acids is 2. The number of hydrogen-bond acceptors (Lipinski definition) is 4. The zero-order chi connectivity index (χ0) is 14.1. The van der Waals surface area contributed by atoms with Crippen molar-refractivity contribution in [3.05, 3.63) is 29.8 Å². The first-order valence-electron chi connectivity index (χ1n) is 6.13. The molecule has 1 aromatic carbocycles. The van der Waals surface area contributed by atoms with Crippen molar-refractivity contribution in [3.63, 3.8) is 0 Å². The van der Waals surface area contributed by atoms with Gasteiger partial charge in [0.2, 0.25) is 0 Å². The fourth-order valence-corrected chi connectivity index (χ4v) is 1.45. The van der Waals surface area contributed by atoms with Gasteiger partial charge in [-0.3, -0.25) is 9.59 Å². The van der Waals surface area contributed by atoms with E-state index in [4.69, 9.17) is 9.47 Å². The molecular weight excluding hydrogens is 246 g/mol. The highest BCUT2D eigenvalue weighted by atomic mass is 16.5. The quantitative estimate of drug-likeness (QED) is 0.570. The Hall–Kier alpha value is -1.88. The third-order valence-corrected chi connectivity index (χ3v) is 2.46. The normalized spacial score (nSPS) is 10.0. The van der Waals surface area contributed by atoms with Crippen molar-refractivity contribution in [3.8, 4) is 5.75 Å². The number of carbonyl (C=O) groups is 2. The maximum Gasteiger partial charge on any atom is 0.257 e. The van der Waals surface area contributed by atoms with E-state index in [9.17, 15) is 9.59 Å². The average molecular weight is 265 g/mol. The minimum atomic E-state index is -0.190. The summed E-state index contributed by atoms with van der Waals surface area (Å²) in [5, 5.41) is 2.71. The van der Waals surface area contributed by atoms with E-state index < -0.39 is 0 Å². The number of amides is 1. The van der Waals surface area contributed by atoms with Crippen LogP contribution < -0.4 is 10.1 Å². The van der Waals surface area contributed by atoms with Crippen molar-refractivity contribution >= 4 is 11.7 Å². The molecule has 19 heavy (non-hydrogen) atoms. The summed E-state index contributed by atoms with van der Waals surface area (Å²) in [4.78, 5) is 22.6. The third-order valence-electron chi connectivity index (χ3n) is 2.46. The van der Waals surface area contributed by atoms with Crippen LogP contribution >= 0.6 is 0 Å². The highest BCUT2D eigenvalue weighted by Gasteiger charge is 2.04. The highest BCUT2D eigenvalue weighted by Crippen LogP contribution is 2.13. The lowest BCUT2D eigenvalue weighted by molar-refractivity contribution is -0.123. The van der Waals surface area contributed by atoms with Crippen molar-refractivity contribution in [1.29, 1.82) is 0 Å². The molecule has 0 heterocycles. The Bertz CT molecular complexity index is 431. The molecule has 0 atom stereocenters. The number of ether oxygens (including phenoxy) is 2. The van der Waals surface area contributed by atoms with Gasteiger partial charge >= 0.3 is 0 Å². The second-order valence-electron chi connectivity index (χ2n) is 4.07. The van der Waals surface area contributed by atoms with Crippen LogP contribution in [0.2, 0.25) is 0 Å². The molecule has 0 bridgehead atoms. The number of hydrogen-bond donors (Lipinski definition) is 1. The third kappa shape index (κ3) is 6.01. The van der Waals surface area contributed by atoms with E-state index in [0.29, 0.717) is 24.5 Å². The van der Waals surface area contributed by atoms with Gasteiger partial charge in [-0.05, 0) is 25.5 Å². The summed E-state index contributed by atoms with van der Waals surface area (Å²) in [6, 6.07) is 6.77. The van der Waals surface area contributed by atoms with Gasteiger partial charge < -0.3 is 14.8 Å². The molecule has 0 aliphatic carbocycles. The Morgan fingerprint density at radius 2 is 2.11 bits per heavy atom. The largest absolute Gasteiger partial charge is 0.484 e. The van der Waals surface area contributed by atoms with Crippen LogP contribution in [0.25, 0.3) is 0 Å². The van der Waals surface area contributed by atoms with Crippen molar-refractivity contribution in [2.24, 2.45) is 0 Å². The van der Waals surface area contributed by atoms with Crippen molar-refractivity contribution in [2.75, 3.05) is 26.9 Å². The van der Waals surface area contributed by atoms with Crippen LogP contribution in [0.4, 0.5) is 0 Å². The Morgan fingerprint density at radius 3 is 2.79 bits per heavy atom. The van der Waals surface area contributed by atoms with Gasteiger partial charge in [0, 0.05) is 25.8 Å². The topological polar surface area (TPSA) is 64.6 Å². The summed E-state index contributed by atoms with van der Waals surface area (Å²) < 4.78 is 10.2. The lowest BCUT2D eigenvalue weighted by Gasteiger charge is -2.08. The first-order valence-corrected chi connectivity index (χ1v) is 6.13. The molecule has 5 nitrogen and oxygen atoms in total. The molecular formula is C14H19NO4. The maximum absolute atomic E-state index is 11.5. The number of ketones is 1. The van der Waals surface area contributed by atoms with E-state index >= 15 is 0 Å². The molecule has 0 spiro atoms. The van der Waals surface area contributed by atoms with Gasteiger partial charge in [-0.1, -0.05) is 12.1 Å². The standard InChI is InChI=1S/C14H19NO4/c1-11(16)12-5-3-6-13(9-12)19-10-14(17)15-7-4-8-18-2/h3,5-6,9H,4,7-8,10H2,1-2H3,(H,15,17). The summed E-state index contributed by atoms with van der Waals surface area (Å²) >= 11 is 0. The van der Waals surface area contributed by atoms with Crippen LogP contribution in [0.15, 0.2) is 24.3 Å². The predicted molar refractivity (Wildman–Crippen MR) is 71.4 cm³/mol. The minimum Gasteiger partial charge on any atom is -0.484 e. The highest BCUT2D eigenvalue weighted by molar-refractivity contribution is 5.94. The molecule has 1 rings (SSSR count). The van der Waals surface area contributed by atoms with Gasteiger partial charge in [-0.15, -0.1) is 0 Å². The molecule has 0 radical (unpaired) electrons. The molecule has 5 heteroatoms. The van der Waals surface area contributed by atoms with Crippen LogP contribution in [-0.4, -0.2) is 38.6 Å².